The number of nitrogens with zero attached hydrogens (tertiary/aromatic N) is 4. The van der Waals surface area contributed by atoms with E-state index >= 15 is 0 Å². The summed E-state index contributed by atoms with van der Waals surface area (Å²) in [5.41, 5.74) is 5.82. The van der Waals surface area contributed by atoms with E-state index < -0.39 is 50.4 Å². The fraction of sp³-hybridized carbons (Fsp3) is 0.750. The molecule has 0 bridgehead atoms. The smallest absolute Gasteiger partial charge is 0.328 e. The van der Waals surface area contributed by atoms with Crippen LogP contribution in [0, 0.1) is 0 Å². The number of aliphatic imine (C=N–C) groups is 3. The first-order valence-corrected chi connectivity index (χ1v) is 9.30. The highest BCUT2D eigenvalue weighted by Crippen LogP contribution is 2.54. The second-order valence-electron chi connectivity index (χ2n) is 6.02. The first-order valence-electron chi connectivity index (χ1n) is 7.31. The van der Waals surface area contributed by atoms with Crippen LogP contribution in [0.2, 0.25) is 0 Å². The van der Waals surface area contributed by atoms with Crippen LogP contribution < -0.4 is 5.73 Å². The Morgan fingerprint density at radius 3 is 2.91 bits per heavy atom. The third-order valence-corrected chi connectivity index (χ3v) is 5.70. The van der Waals surface area contributed by atoms with E-state index in [4.69, 9.17) is 19.5 Å². The van der Waals surface area contributed by atoms with E-state index in [0.717, 1.165) is 0 Å². The molecule has 8 atom stereocenters. The van der Waals surface area contributed by atoms with Gasteiger partial charge in [-0.15, -0.1) is 0 Å². The highest BCUT2D eigenvalue weighted by molar-refractivity contribution is 7.53. The van der Waals surface area contributed by atoms with Gasteiger partial charge in [0.15, 0.2) is 12.4 Å². The van der Waals surface area contributed by atoms with Crippen molar-refractivity contribution in [3.8, 4) is 0 Å². The number of rotatable bonds is 1. The van der Waals surface area contributed by atoms with Gasteiger partial charge in [0.25, 0.3) is 0 Å². The Morgan fingerprint density at radius 1 is 1.35 bits per heavy atom. The van der Waals surface area contributed by atoms with Crippen molar-refractivity contribution in [1.82, 2.24) is 4.90 Å². The van der Waals surface area contributed by atoms with Gasteiger partial charge in [0, 0.05) is 6.66 Å². The lowest BCUT2D eigenvalue weighted by Crippen LogP contribution is -2.51. The average Bonchev–Trinajstić information content (AvgIpc) is 3.02. The Balaban J connectivity index is 1.58. The zero-order valence-electron chi connectivity index (χ0n) is 12.6. The molecule has 23 heavy (non-hydrogen) atoms. The minimum atomic E-state index is -3.21. The molecule has 10 nitrogen and oxygen atoms in total. The fourth-order valence-corrected chi connectivity index (χ4v) is 4.80. The SMILES string of the molecule is CC1OP(C)(=O)O[C@H]2[C@@H](O)[C@H](N3C=NC4C(N)=NC=NC43)O[C@H]12. The minimum Gasteiger partial charge on any atom is -0.386 e. The van der Waals surface area contributed by atoms with Crippen LogP contribution in [0.4, 0.5) is 0 Å². The lowest BCUT2D eigenvalue weighted by atomic mass is 10.1. The van der Waals surface area contributed by atoms with Gasteiger partial charge in [-0.1, -0.05) is 0 Å². The highest BCUT2D eigenvalue weighted by Gasteiger charge is 2.56. The Bertz CT molecular complexity index is 654. The van der Waals surface area contributed by atoms with Crippen molar-refractivity contribution in [3.63, 3.8) is 0 Å². The van der Waals surface area contributed by atoms with Gasteiger partial charge in [0.2, 0.25) is 0 Å². The summed E-state index contributed by atoms with van der Waals surface area (Å²) in [6, 6.07) is -0.398. The number of aliphatic hydroxyl groups excluding tert-OH is 1. The summed E-state index contributed by atoms with van der Waals surface area (Å²) in [6.07, 6.45) is -0.972. The number of aliphatic hydroxyl groups is 1. The van der Waals surface area contributed by atoms with E-state index in [2.05, 4.69) is 15.0 Å². The highest BCUT2D eigenvalue weighted by atomic mass is 31.2. The lowest BCUT2D eigenvalue weighted by molar-refractivity contribution is -0.102. The minimum absolute atomic E-state index is 0.361. The number of hydrogen-bond donors (Lipinski definition) is 2. The van der Waals surface area contributed by atoms with Crippen LogP contribution in [-0.2, 0) is 18.3 Å². The summed E-state index contributed by atoms with van der Waals surface area (Å²) in [5.74, 6) is 0.361. The quantitative estimate of drug-likeness (QED) is 0.592. The summed E-state index contributed by atoms with van der Waals surface area (Å²) < 4.78 is 28.8. The number of nitrogens with two attached hydrogens (primary N) is 1. The molecule has 0 radical (unpaired) electrons. The maximum Gasteiger partial charge on any atom is 0.328 e. The molecular formula is C12H18N5O5P. The molecule has 126 valence electrons. The van der Waals surface area contributed by atoms with Gasteiger partial charge in [0.05, 0.1) is 12.4 Å². The topological polar surface area (TPSA) is 131 Å². The monoisotopic (exact) mass is 343 g/mol. The van der Waals surface area contributed by atoms with E-state index in [-0.39, 0.29) is 0 Å². The van der Waals surface area contributed by atoms with E-state index in [1.54, 1.807) is 18.2 Å². The summed E-state index contributed by atoms with van der Waals surface area (Å²) in [6.45, 7) is 3.13. The van der Waals surface area contributed by atoms with Crippen molar-refractivity contribution in [2.45, 2.75) is 49.8 Å². The van der Waals surface area contributed by atoms with Crippen LogP contribution in [0.3, 0.4) is 0 Å². The number of fused-ring (bicyclic) bond motifs is 2. The van der Waals surface area contributed by atoms with Crippen molar-refractivity contribution in [3.05, 3.63) is 0 Å². The fourth-order valence-electron chi connectivity index (χ4n) is 3.34. The molecule has 4 aliphatic rings. The van der Waals surface area contributed by atoms with E-state index in [1.165, 1.54) is 13.0 Å². The molecule has 0 aromatic heterocycles. The first-order chi connectivity index (χ1) is 10.9. The molecule has 4 heterocycles. The molecule has 0 aliphatic carbocycles. The van der Waals surface area contributed by atoms with Gasteiger partial charge in [-0.2, -0.15) is 0 Å². The molecule has 0 spiro atoms. The molecule has 0 amide bonds. The molecule has 0 aromatic carbocycles. The molecule has 11 heteroatoms. The van der Waals surface area contributed by atoms with E-state index in [1.807, 2.05) is 0 Å². The Hall–Kier alpha value is -1.32. The maximum atomic E-state index is 12.1. The van der Waals surface area contributed by atoms with Gasteiger partial charge in [-0.05, 0) is 6.92 Å². The lowest BCUT2D eigenvalue weighted by Gasteiger charge is -2.34. The van der Waals surface area contributed by atoms with E-state index in [9.17, 15) is 9.67 Å². The summed E-state index contributed by atoms with van der Waals surface area (Å²) in [5, 5.41) is 10.6. The van der Waals surface area contributed by atoms with Crippen molar-refractivity contribution in [2.75, 3.05) is 6.66 Å². The molecular weight excluding hydrogens is 325 g/mol. The molecule has 2 fully saturated rings. The Kier molecular flexibility index (Phi) is 3.37. The molecule has 4 unspecified atom stereocenters. The largest absolute Gasteiger partial charge is 0.386 e. The van der Waals surface area contributed by atoms with Crippen LogP contribution in [-0.4, -0.2) is 78.0 Å². The number of amidine groups is 1. The van der Waals surface area contributed by atoms with Gasteiger partial charge >= 0.3 is 7.60 Å². The van der Waals surface area contributed by atoms with Gasteiger partial charge in [0.1, 0.15) is 36.5 Å². The molecule has 0 saturated carbocycles. The summed E-state index contributed by atoms with van der Waals surface area (Å²) in [7, 11) is -3.21. The predicted octanol–water partition coefficient (Wildman–Crippen LogP) is -0.863. The molecule has 4 aliphatic heterocycles. The number of hydrogen-bond acceptors (Lipinski definition) is 10. The predicted molar refractivity (Wildman–Crippen MR) is 81.6 cm³/mol. The summed E-state index contributed by atoms with van der Waals surface area (Å²) in [4.78, 5) is 14.2. The normalized spacial score (nSPS) is 51.5. The van der Waals surface area contributed by atoms with Crippen molar-refractivity contribution < 1.29 is 23.5 Å². The zero-order chi connectivity index (χ0) is 16.4. The van der Waals surface area contributed by atoms with Gasteiger partial charge < -0.3 is 25.0 Å². The first kappa shape index (κ1) is 15.2. The van der Waals surface area contributed by atoms with Crippen LogP contribution in [0.15, 0.2) is 15.0 Å². The molecule has 4 rings (SSSR count). The molecule has 2 saturated heterocycles. The Labute approximate surface area is 132 Å². The van der Waals surface area contributed by atoms with E-state index in [0.29, 0.717) is 5.84 Å². The van der Waals surface area contributed by atoms with Crippen LogP contribution in [0.25, 0.3) is 0 Å². The second-order valence-corrected chi connectivity index (χ2v) is 7.99. The average molecular weight is 343 g/mol. The van der Waals surface area contributed by atoms with Crippen molar-refractivity contribution in [2.24, 2.45) is 20.7 Å². The number of ether oxygens (including phenoxy) is 1. The van der Waals surface area contributed by atoms with Crippen molar-refractivity contribution >= 4 is 26.1 Å². The third-order valence-electron chi connectivity index (χ3n) is 4.35. The van der Waals surface area contributed by atoms with Gasteiger partial charge in [-0.3, -0.25) is 14.1 Å². The zero-order valence-corrected chi connectivity index (χ0v) is 13.5. The van der Waals surface area contributed by atoms with Crippen molar-refractivity contribution in [1.29, 1.82) is 0 Å². The molecule has 0 aromatic rings. The van der Waals surface area contributed by atoms with Crippen LogP contribution >= 0.6 is 7.60 Å². The standard InChI is InChI=1S/C12H18N5O5P/c1-5-8-9(22-23(2,19)21-5)7(18)12(20-8)17-4-16-6-10(13)14-3-15-11(6)17/h3-9,11-12,18H,1-2H3,(H2,13,14,15)/t5?,6?,7-,8-,9+,11?,12-,23?/m1/s1. The molecule has 3 N–H and O–H groups in total. The maximum absolute atomic E-state index is 12.1. The van der Waals surface area contributed by atoms with Crippen LogP contribution in [0.5, 0.6) is 0 Å². The Morgan fingerprint density at radius 2 is 2.13 bits per heavy atom. The van der Waals surface area contributed by atoms with Crippen LogP contribution in [0.1, 0.15) is 6.92 Å². The van der Waals surface area contributed by atoms with Gasteiger partial charge in [-0.25, -0.2) is 9.98 Å². The third kappa shape index (κ3) is 2.33. The summed E-state index contributed by atoms with van der Waals surface area (Å²) >= 11 is 0. The second kappa shape index (κ2) is 5.09.